The second kappa shape index (κ2) is 11.9. The number of aromatic hydroxyl groups is 1. The maximum absolute atomic E-state index is 11.9. The normalized spacial score (nSPS) is 9.54. The number of phenolic OH excluding ortho intramolecular Hbond substituents is 1. The molecule has 0 heterocycles. The van der Waals surface area contributed by atoms with Crippen molar-refractivity contribution in [3.05, 3.63) is 65.7 Å². The van der Waals surface area contributed by atoms with E-state index < -0.39 is 0 Å². The predicted octanol–water partition coefficient (Wildman–Crippen LogP) is 4.36. The molecule has 0 aliphatic carbocycles. The molecule has 0 aromatic heterocycles. The van der Waals surface area contributed by atoms with Crippen LogP contribution in [0, 0.1) is 0 Å². The Morgan fingerprint density at radius 3 is 2.29 bits per heavy atom. The first-order chi connectivity index (χ1) is 11.7. The summed E-state index contributed by atoms with van der Waals surface area (Å²) in [5, 5.41) is 9.52. The molecule has 0 bridgehead atoms. The van der Waals surface area contributed by atoms with E-state index >= 15 is 0 Å². The zero-order valence-electron chi connectivity index (χ0n) is 14.0. The van der Waals surface area contributed by atoms with Crippen LogP contribution in [0.5, 0.6) is 5.75 Å². The Morgan fingerprint density at radius 1 is 1.00 bits per heavy atom. The van der Waals surface area contributed by atoms with Crippen LogP contribution in [-0.4, -0.2) is 24.0 Å². The number of rotatable bonds is 8. The summed E-state index contributed by atoms with van der Waals surface area (Å²) in [6.07, 6.45) is 4.64. The third kappa shape index (κ3) is 7.09. The SMILES string of the molecule is CCCCCCOC=O.O=C(c1ccccc1)c1ccccc1O. The minimum Gasteiger partial charge on any atom is -0.507 e. The van der Waals surface area contributed by atoms with Gasteiger partial charge in [-0.2, -0.15) is 0 Å². The van der Waals surface area contributed by atoms with Crippen LogP contribution in [0.15, 0.2) is 54.6 Å². The first-order valence-corrected chi connectivity index (χ1v) is 8.13. The van der Waals surface area contributed by atoms with E-state index in [9.17, 15) is 14.7 Å². The molecule has 0 radical (unpaired) electrons. The maximum atomic E-state index is 11.9. The topological polar surface area (TPSA) is 63.6 Å². The lowest BCUT2D eigenvalue weighted by molar-refractivity contribution is -0.128. The zero-order valence-corrected chi connectivity index (χ0v) is 14.0. The number of benzene rings is 2. The fraction of sp³-hybridized carbons (Fsp3) is 0.300. The molecule has 0 saturated heterocycles. The molecule has 2 aromatic carbocycles. The third-order valence-electron chi connectivity index (χ3n) is 3.37. The molecule has 1 N–H and O–H groups in total. The largest absolute Gasteiger partial charge is 0.507 e. The van der Waals surface area contributed by atoms with Gasteiger partial charge in [0.1, 0.15) is 5.75 Å². The molecule has 0 aliphatic heterocycles. The van der Waals surface area contributed by atoms with E-state index in [-0.39, 0.29) is 11.5 Å². The monoisotopic (exact) mass is 328 g/mol. The molecule has 2 rings (SSSR count). The minimum absolute atomic E-state index is 0.0198. The van der Waals surface area contributed by atoms with Crippen molar-refractivity contribution >= 4 is 12.3 Å². The highest BCUT2D eigenvalue weighted by Gasteiger charge is 2.11. The molecule has 0 saturated carbocycles. The van der Waals surface area contributed by atoms with Gasteiger partial charge in [0.05, 0.1) is 12.2 Å². The Bertz CT molecular complexity index is 608. The summed E-state index contributed by atoms with van der Waals surface area (Å²) < 4.78 is 4.50. The van der Waals surface area contributed by atoms with E-state index in [0.717, 1.165) is 6.42 Å². The number of ketones is 1. The van der Waals surface area contributed by atoms with Crippen molar-refractivity contribution in [3.63, 3.8) is 0 Å². The maximum Gasteiger partial charge on any atom is 0.293 e. The zero-order chi connectivity index (χ0) is 17.6. The van der Waals surface area contributed by atoms with E-state index in [0.29, 0.717) is 24.2 Å². The molecular weight excluding hydrogens is 304 g/mol. The van der Waals surface area contributed by atoms with Gasteiger partial charge in [0, 0.05) is 5.56 Å². The number of unbranched alkanes of at least 4 members (excludes halogenated alkanes) is 3. The number of carbonyl (C=O) groups is 2. The highest BCUT2D eigenvalue weighted by molar-refractivity contribution is 6.10. The van der Waals surface area contributed by atoms with Gasteiger partial charge >= 0.3 is 0 Å². The number of carbonyl (C=O) groups excluding carboxylic acids is 2. The Morgan fingerprint density at radius 2 is 1.67 bits per heavy atom. The molecule has 0 spiro atoms. The first kappa shape index (κ1) is 19.4. The molecule has 0 aliphatic rings. The van der Waals surface area contributed by atoms with Crippen molar-refractivity contribution in [1.82, 2.24) is 0 Å². The summed E-state index contributed by atoms with van der Waals surface area (Å²) in [4.78, 5) is 21.5. The smallest absolute Gasteiger partial charge is 0.293 e. The van der Waals surface area contributed by atoms with Gasteiger partial charge in [-0.3, -0.25) is 9.59 Å². The second-order valence-electron chi connectivity index (χ2n) is 5.24. The molecule has 0 fully saturated rings. The van der Waals surface area contributed by atoms with Gasteiger partial charge < -0.3 is 9.84 Å². The van der Waals surface area contributed by atoms with E-state index in [1.807, 2.05) is 6.07 Å². The van der Waals surface area contributed by atoms with Gasteiger partial charge in [-0.1, -0.05) is 68.7 Å². The molecule has 4 heteroatoms. The number of hydrogen-bond acceptors (Lipinski definition) is 4. The standard InChI is InChI=1S/C13H10O2.C7H14O2/c14-12-9-5-4-8-11(12)13(15)10-6-2-1-3-7-10;1-2-3-4-5-6-9-7-8/h1-9,14H;7H,2-6H2,1H3. The van der Waals surface area contributed by atoms with Gasteiger partial charge in [-0.05, 0) is 18.6 Å². The fourth-order valence-electron chi connectivity index (χ4n) is 2.07. The molecule has 2 aromatic rings. The number of phenols is 1. The van der Waals surface area contributed by atoms with Gasteiger partial charge in [0.2, 0.25) is 0 Å². The third-order valence-corrected chi connectivity index (χ3v) is 3.37. The average molecular weight is 328 g/mol. The molecular formula is C20H24O4. The van der Waals surface area contributed by atoms with Crippen LogP contribution in [0.1, 0.15) is 48.5 Å². The summed E-state index contributed by atoms with van der Waals surface area (Å²) in [7, 11) is 0. The number of hydrogen-bond donors (Lipinski definition) is 1. The van der Waals surface area contributed by atoms with Gasteiger partial charge in [0.25, 0.3) is 6.47 Å². The van der Waals surface area contributed by atoms with Crippen molar-refractivity contribution < 1.29 is 19.4 Å². The highest BCUT2D eigenvalue weighted by Crippen LogP contribution is 2.19. The van der Waals surface area contributed by atoms with Crippen LogP contribution in [0.2, 0.25) is 0 Å². The lowest BCUT2D eigenvalue weighted by atomic mass is 10.0. The van der Waals surface area contributed by atoms with Crippen LogP contribution in [0.4, 0.5) is 0 Å². The quantitative estimate of drug-likeness (QED) is 0.444. The molecule has 4 nitrogen and oxygen atoms in total. The van der Waals surface area contributed by atoms with Crippen LogP contribution in [-0.2, 0) is 9.53 Å². The van der Waals surface area contributed by atoms with E-state index in [4.69, 9.17) is 0 Å². The minimum atomic E-state index is -0.159. The van der Waals surface area contributed by atoms with Crippen LogP contribution in [0.25, 0.3) is 0 Å². The van der Waals surface area contributed by atoms with Gasteiger partial charge in [-0.15, -0.1) is 0 Å². The van der Waals surface area contributed by atoms with E-state index in [2.05, 4.69) is 11.7 Å². The Hall–Kier alpha value is -2.62. The molecule has 0 amide bonds. The number of para-hydroxylation sites is 1. The molecule has 128 valence electrons. The van der Waals surface area contributed by atoms with Crippen molar-refractivity contribution in [2.75, 3.05) is 6.61 Å². The Labute approximate surface area is 143 Å². The second-order valence-corrected chi connectivity index (χ2v) is 5.24. The average Bonchev–Trinajstić information content (AvgIpc) is 2.63. The Kier molecular flexibility index (Phi) is 9.62. The summed E-state index contributed by atoms with van der Waals surface area (Å²) in [5.41, 5.74) is 0.919. The van der Waals surface area contributed by atoms with Crippen LogP contribution < -0.4 is 0 Å². The number of ether oxygens (including phenoxy) is 1. The summed E-state index contributed by atoms with van der Waals surface area (Å²) >= 11 is 0. The molecule has 0 unspecified atom stereocenters. The summed E-state index contributed by atoms with van der Waals surface area (Å²) in [6.45, 7) is 3.25. The van der Waals surface area contributed by atoms with Crippen LogP contribution in [0.3, 0.4) is 0 Å². The Balaban J connectivity index is 0.000000277. The van der Waals surface area contributed by atoms with Crippen molar-refractivity contribution in [2.24, 2.45) is 0 Å². The fourth-order valence-corrected chi connectivity index (χ4v) is 2.07. The van der Waals surface area contributed by atoms with Gasteiger partial charge in [0.15, 0.2) is 5.78 Å². The first-order valence-electron chi connectivity index (χ1n) is 8.13. The lowest BCUT2D eigenvalue weighted by Gasteiger charge is -2.02. The highest BCUT2D eigenvalue weighted by atomic mass is 16.5. The van der Waals surface area contributed by atoms with Crippen LogP contribution >= 0.6 is 0 Å². The van der Waals surface area contributed by atoms with Crippen molar-refractivity contribution in [2.45, 2.75) is 32.6 Å². The summed E-state index contributed by atoms with van der Waals surface area (Å²) in [6, 6.07) is 15.5. The summed E-state index contributed by atoms with van der Waals surface area (Å²) in [5.74, 6) is -0.139. The van der Waals surface area contributed by atoms with Gasteiger partial charge in [-0.25, -0.2) is 0 Å². The molecule has 24 heavy (non-hydrogen) atoms. The lowest BCUT2D eigenvalue weighted by Crippen LogP contribution is -2.00. The van der Waals surface area contributed by atoms with Crippen molar-refractivity contribution in [1.29, 1.82) is 0 Å². The predicted molar refractivity (Wildman–Crippen MR) is 94.1 cm³/mol. The van der Waals surface area contributed by atoms with E-state index in [1.54, 1.807) is 42.5 Å². The van der Waals surface area contributed by atoms with E-state index in [1.165, 1.54) is 25.3 Å². The molecule has 0 atom stereocenters. The van der Waals surface area contributed by atoms with Crippen molar-refractivity contribution in [3.8, 4) is 5.75 Å².